The molecule has 1 amide bonds. The van der Waals surface area contributed by atoms with E-state index >= 15 is 0 Å². The van der Waals surface area contributed by atoms with Gasteiger partial charge in [0, 0.05) is 82.6 Å². The number of methoxy groups -OCH3 is 1. The Bertz CT molecular complexity index is 1710. The number of fused-ring (bicyclic) bond motifs is 2. The molecule has 1 saturated carbocycles. The number of nitrogens with zero attached hydrogens (tertiary/aromatic N) is 2. The number of hydrogen-bond donors (Lipinski definition) is 2. The number of aryl methyl sites for hydroxylation is 1. The molecule has 1 saturated heterocycles. The number of carbonyl (C=O) groups excluding carboxylic acids is 1. The van der Waals surface area contributed by atoms with Crippen LogP contribution in [0.4, 0.5) is 5.69 Å². The lowest BCUT2D eigenvalue weighted by atomic mass is 9.63. The minimum absolute atomic E-state index is 0.00228. The van der Waals surface area contributed by atoms with Crippen molar-refractivity contribution in [3.05, 3.63) is 70.8 Å². The lowest BCUT2D eigenvalue weighted by molar-refractivity contribution is -0.111. The number of anilines is 1. The number of hydrogen-bond acceptors (Lipinski definition) is 9. The predicted octanol–water partition coefficient (Wildman–Crippen LogP) is 6.48. The molecule has 7 atom stereocenters. The summed E-state index contributed by atoms with van der Waals surface area (Å²) in [5, 5.41) is 3.51. The van der Waals surface area contributed by atoms with Gasteiger partial charge in [0.05, 0.1) is 10.9 Å². The molecule has 1 unspecified atom stereocenters. The molecule has 0 spiro atoms. The van der Waals surface area contributed by atoms with Gasteiger partial charge in [0.1, 0.15) is 17.5 Å². The molecule has 6 rings (SSSR count). The van der Waals surface area contributed by atoms with E-state index in [0.29, 0.717) is 30.6 Å². The summed E-state index contributed by atoms with van der Waals surface area (Å²) in [6, 6.07) is 13.8. The van der Waals surface area contributed by atoms with Gasteiger partial charge in [-0.15, -0.1) is 0 Å². The largest absolute Gasteiger partial charge is 0.488 e. The number of sulfonamides is 1. The molecule has 2 N–H and O–H groups in total. The van der Waals surface area contributed by atoms with Crippen LogP contribution in [0.2, 0.25) is 5.02 Å². The molecule has 3 heterocycles. The van der Waals surface area contributed by atoms with E-state index in [1.165, 1.54) is 5.56 Å². The second-order valence-electron chi connectivity index (χ2n) is 16.0. The normalized spacial score (nSPS) is 31.0. The van der Waals surface area contributed by atoms with Crippen molar-refractivity contribution in [3.63, 3.8) is 0 Å². The zero-order valence-corrected chi connectivity index (χ0v) is 34.2. The number of nitrogens with one attached hydrogen (secondary N) is 2. The molecule has 12 heteroatoms. The summed E-state index contributed by atoms with van der Waals surface area (Å²) in [6.45, 7) is 12.3. The highest BCUT2D eigenvalue weighted by molar-refractivity contribution is 7.90. The van der Waals surface area contributed by atoms with Crippen LogP contribution in [-0.4, -0.2) is 102 Å². The maximum Gasteiger partial charge on any atom is 0.264 e. The number of carbonyl (C=O) groups is 1. The zero-order valence-electron chi connectivity index (χ0n) is 32.6. The number of ether oxygens (including phenoxy) is 3. The SMILES string of the molecule is CCO[C@]1(CN2CCN[C@H](C)C2)/C=C/C[C@H](C)[C@@H](CCOC)S(=O)(=O)NC(=O)c2ccc3c(c2)N(CCC(CCCc2cccc(Cl)c2)O3)C[C@@H]2CC[C@H]21. The Hall–Kier alpha value is -2.67. The number of halogens is 1. The Morgan fingerprint density at radius 2 is 1.91 bits per heavy atom. The molecular weight excluding hydrogens is 724 g/mol. The molecule has 2 fully saturated rings. The molecule has 2 aromatic carbocycles. The summed E-state index contributed by atoms with van der Waals surface area (Å²) in [4.78, 5) is 18.7. The third-order valence-electron chi connectivity index (χ3n) is 12.1. The smallest absolute Gasteiger partial charge is 0.264 e. The quantitative estimate of drug-likeness (QED) is 0.248. The number of benzene rings is 2. The summed E-state index contributed by atoms with van der Waals surface area (Å²) in [5.74, 6) is 0.486. The van der Waals surface area contributed by atoms with Gasteiger partial charge in [-0.25, -0.2) is 13.1 Å². The summed E-state index contributed by atoms with van der Waals surface area (Å²) in [5.41, 5.74) is 1.84. The van der Waals surface area contributed by atoms with Crippen molar-refractivity contribution in [1.29, 1.82) is 0 Å². The molecule has 0 aromatic heterocycles. The van der Waals surface area contributed by atoms with Crippen molar-refractivity contribution in [2.24, 2.45) is 17.8 Å². The predicted molar refractivity (Wildman–Crippen MR) is 216 cm³/mol. The van der Waals surface area contributed by atoms with Crippen molar-refractivity contribution in [1.82, 2.24) is 14.9 Å². The van der Waals surface area contributed by atoms with Crippen LogP contribution in [0, 0.1) is 17.8 Å². The van der Waals surface area contributed by atoms with Crippen molar-refractivity contribution in [2.45, 2.75) is 95.1 Å². The number of amides is 1. The number of piperazine rings is 1. The molecule has 3 aliphatic heterocycles. The maximum atomic E-state index is 14.0. The van der Waals surface area contributed by atoms with Gasteiger partial charge in [0.2, 0.25) is 10.0 Å². The van der Waals surface area contributed by atoms with E-state index in [4.69, 9.17) is 25.8 Å². The van der Waals surface area contributed by atoms with Gasteiger partial charge < -0.3 is 24.4 Å². The van der Waals surface area contributed by atoms with E-state index in [0.717, 1.165) is 94.3 Å². The first-order valence-corrected chi connectivity index (χ1v) is 22.0. The zero-order chi connectivity index (χ0) is 38.3. The van der Waals surface area contributed by atoms with Gasteiger partial charge in [0.25, 0.3) is 5.91 Å². The minimum Gasteiger partial charge on any atom is -0.488 e. The Kier molecular flexibility index (Phi) is 14.1. The standard InChI is InChI=1S/C42H61ClN4O6S/c1-5-52-42(29-46-23-21-44-31(3)27-46)20-8-9-30(2)40(19-24-51-4)54(49,50)45-41(48)33-15-17-39-38(26-33)47(28-34-14-16-37(34)42)22-18-36(53-39)13-7-11-32-10-6-12-35(43)25-32/h6,8,10,12,15,17,20,25-26,30-31,34,36-37,40,44H,5,7,9,11,13-14,16,18-19,21-24,27-29H2,1-4H3,(H,45,48)/b20-8+/t30-,31+,34-,36?,37+,40+,42-/m0/s1. The average Bonchev–Trinajstić information content (AvgIpc) is 3.28. The van der Waals surface area contributed by atoms with E-state index < -0.39 is 26.8 Å². The molecule has 2 aromatic rings. The fraction of sp³-hybridized carbons (Fsp3) is 0.643. The van der Waals surface area contributed by atoms with Crippen molar-refractivity contribution >= 4 is 33.2 Å². The van der Waals surface area contributed by atoms with Gasteiger partial charge in [-0.05, 0) is 112 Å². The van der Waals surface area contributed by atoms with E-state index in [9.17, 15) is 13.2 Å². The van der Waals surface area contributed by atoms with Crippen molar-refractivity contribution in [2.75, 3.05) is 64.5 Å². The van der Waals surface area contributed by atoms with Gasteiger partial charge in [-0.3, -0.25) is 9.69 Å². The summed E-state index contributed by atoms with van der Waals surface area (Å²) in [7, 11) is -2.48. The van der Waals surface area contributed by atoms with Crippen LogP contribution in [0.3, 0.4) is 0 Å². The fourth-order valence-electron chi connectivity index (χ4n) is 9.14. The highest BCUT2D eigenvalue weighted by Crippen LogP contribution is 2.47. The molecule has 4 aliphatic rings. The fourth-order valence-corrected chi connectivity index (χ4v) is 11.0. The first-order valence-electron chi connectivity index (χ1n) is 20.1. The molecule has 10 nitrogen and oxygen atoms in total. The number of rotatable bonds is 11. The molecular formula is C42H61ClN4O6S. The minimum atomic E-state index is -4.05. The first kappa shape index (κ1) is 41.0. The van der Waals surface area contributed by atoms with Crippen LogP contribution in [0.1, 0.15) is 81.6 Å². The number of allylic oxidation sites excluding steroid dienone is 1. The van der Waals surface area contributed by atoms with E-state index in [-0.39, 0.29) is 31.0 Å². The monoisotopic (exact) mass is 784 g/mol. The molecule has 0 radical (unpaired) electrons. The van der Waals surface area contributed by atoms with Crippen LogP contribution in [0.25, 0.3) is 0 Å². The van der Waals surface area contributed by atoms with Crippen LogP contribution in [0.15, 0.2) is 54.6 Å². The lowest BCUT2D eigenvalue weighted by Crippen LogP contribution is -2.60. The second kappa shape index (κ2) is 18.5. The Balaban J connectivity index is 1.34. The van der Waals surface area contributed by atoms with Crippen LogP contribution in [-0.2, 0) is 25.9 Å². The Morgan fingerprint density at radius 1 is 1.06 bits per heavy atom. The third-order valence-corrected chi connectivity index (χ3v) is 14.3. The van der Waals surface area contributed by atoms with E-state index in [1.807, 2.05) is 37.3 Å². The lowest BCUT2D eigenvalue weighted by Gasteiger charge is -2.52. The highest BCUT2D eigenvalue weighted by Gasteiger charge is 2.49. The molecule has 2 bridgehead atoms. The summed E-state index contributed by atoms with van der Waals surface area (Å²) >= 11 is 6.25. The molecule has 54 heavy (non-hydrogen) atoms. The molecule has 1 aliphatic carbocycles. The van der Waals surface area contributed by atoms with Gasteiger partial charge >= 0.3 is 0 Å². The average molecular weight is 785 g/mol. The Labute approximate surface area is 328 Å². The van der Waals surface area contributed by atoms with Crippen molar-refractivity contribution in [3.8, 4) is 5.75 Å². The summed E-state index contributed by atoms with van der Waals surface area (Å²) in [6.07, 6.45) is 11.0. The second-order valence-corrected chi connectivity index (χ2v) is 18.3. The Morgan fingerprint density at radius 3 is 2.65 bits per heavy atom. The molecule has 298 valence electrons. The maximum absolute atomic E-state index is 14.0. The van der Waals surface area contributed by atoms with Crippen LogP contribution < -0.4 is 19.7 Å². The topological polar surface area (TPSA) is 109 Å². The first-order chi connectivity index (χ1) is 26.0. The van der Waals surface area contributed by atoms with Gasteiger partial charge in [0.15, 0.2) is 0 Å². The van der Waals surface area contributed by atoms with Crippen LogP contribution in [0.5, 0.6) is 5.75 Å². The van der Waals surface area contributed by atoms with Crippen molar-refractivity contribution < 1.29 is 27.4 Å². The third kappa shape index (κ3) is 10.0. The van der Waals surface area contributed by atoms with E-state index in [1.54, 1.807) is 13.2 Å². The van der Waals surface area contributed by atoms with E-state index in [2.05, 4.69) is 51.9 Å². The van der Waals surface area contributed by atoms with Gasteiger partial charge in [-0.1, -0.05) is 42.8 Å². The van der Waals surface area contributed by atoms with Crippen LogP contribution >= 0.6 is 11.6 Å². The van der Waals surface area contributed by atoms with Gasteiger partial charge in [-0.2, -0.15) is 0 Å². The summed E-state index contributed by atoms with van der Waals surface area (Å²) < 4.78 is 49.4. The highest BCUT2D eigenvalue weighted by atomic mass is 35.5.